The first-order valence-electron chi connectivity index (χ1n) is 19.3. The lowest BCUT2D eigenvalue weighted by atomic mass is 9.77. The smallest absolute Gasteiger partial charge is 0.191 e. The summed E-state index contributed by atoms with van der Waals surface area (Å²) in [7, 11) is 3.59. The molecular formula is C48H56N3O2+. The topological polar surface area (TPSA) is 28.0 Å². The van der Waals surface area contributed by atoms with Gasteiger partial charge in [0, 0.05) is 66.5 Å². The van der Waals surface area contributed by atoms with Crippen LogP contribution in [0, 0.1) is 11.3 Å². The zero-order valence-corrected chi connectivity index (χ0v) is 32.7. The molecule has 7 rings (SSSR count). The largest absolute Gasteiger partial charge is 0.383 e. The predicted octanol–water partition coefficient (Wildman–Crippen LogP) is 10.7. The number of hydrogen-bond acceptors (Lipinski definition) is 4. The number of fused-ring (bicyclic) bond motifs is 1. The standard InChI is InChI=1S/C48H56N3O2/c1-35-17-16-23-41-45(35)50(32-34-53-7)44(48(41,4)5)30-28-37-26-25-36(46(37)51(38-18-10-8-11-19-38)39-20-12-9-13-21-39)27-29-43-47(2,3)40-22-14-15-24-42(40)49(43)31-33-52-6/h8-16,18-24,27-30,35H,17,25-26,31-34H2,1-7H3/q+1. The number of nitrogens with zero attached hydrogens (tertiary/aromatic N) is 3. The first-order chi connectivity index (χ1) is 25.7. The van der Waals surface area contributed by atoms with E-state index in [0.717, 1.165) is 43.7 Å². The Kier molecular flexibility index (Phi) is 10.6. The summed E-state index contributed by atoms with van der Waals surface area (Å²) < 4.78 is 13.8. The third-order valence-corrected chi connectivity index (χ3v) is 11.7. The molecule has 2 aliphatic carbocycles. The van der Waals surface area contributed by atoms with E-state index in [0.29, 0.717) is 19.1 Å². The number of rotatable bonds is 12. The quantitative estimate of drug-likeness (QED) is 0.175. The Morgan fingerprint density at radius 1 is 0.792 bits per heavy atom. The number of allylic oxidation sites excluding steroid dienone is 11. The lowest BCUT2D eigenvalue weighted by molar-refractivity contribution is -0.485. The van der Waals surface area contributed by atoms with Crippen LogP contribution in [-0.4, -0.2) is 50.8 Å². The summed E-state index contributed by atoms with van der Waals surface area (Å²) in [6, 6.07) is 30.5. The van der Waals surface area contributed by atoms with Crippen LogP contribution in [0.3, 0.4) is 0 Å². The summed E-state index contributed by atoms with van der Waals surface area (Å²) in [6.07, 6.45) is 17.4. The molecule has 2 aliphatic heterocycles. The van der Waals surface area contributed by atoms with Crippen LogP contribution in [0.1, 0.15) is 59.4 Å². The van der Waals surface area contributed by atoms with Crippen LogP contribution in [0.4, 0.5) is 17.1 Å². The molecule has 0 saturated heterocycles. The second kappa shape index (κ2) is 15.3. The Morgan fingerprint density at radius 2 is 1.45 bits per heavy atom. The third-order valence-electron chi connectivity index (χ3n) is 11.7. The van der Waals surface area contributed by atoms with E-state index < -0.39 is 0 Å². The van der Waals surface area contributed by atoms with Gasteiger partial charge in [0.1, 0.15) is 6.61 Å². The van der Waals surface area contributed by atoms with Gasteiger partial charge in [-0.1, -0.05) is 99.7 Å². The number of methoxy groups -OCH3 is 2. The second-order valence-corrected chi connectivity index (χ2v) is 15.7. The molecule has 0 radical (unpaired) electrons. The Morgan fingerprint density at radius 3 is 2.13 bits per heavy atom. The molecule has 3 aromatic carbocycles. The van der Waals surface area contributed by atoms with Gasteiger partial charge in [-0.2, -0.15) is 4.58 Å². The molecule has 1 unspecified atom stereocenters. The highest BCUT2D eigenvalue weighted by atomic mass is 16.5. The van der Waals surface area contributed by atoms with Crippen molar-refractivity contribution in [2.45, 2.75) is 59.3 Å². The van der Waals surface area contributed by atoms with Crippen LogP contribution < -0.4 is 9.80 Å². The van der Waals surface area contributed by atoms with Gasteiger partial charge in [-0.15, -0.1) is 0 Å². The highest BCUT2D eigenvalue weighted by molar-refractivity contribution is 6.00. The van der Waals surface area contributed by atoms with Crippen molar-refractivity contribution in [2.24, 2.45) is 11.3 Å². The average molecular weight is 707 g/mol. The molecule has 2 heterocycles. The van der Waals surface area contributed by atoms with Crippen molar-refractivity contribution in [2.75, 3.05) is 50.3 Å². The lowest BCUT2D eigenvalue weighted by Gasteiger charge is -2.29. The normalized spacial score (nSPS) is 21.9. The predicted molar refractivity (Wildman–Crippen MR) is 221 cm³/mol. The molecular weight excluding hydrogens is 651 g/mol. The van der Waals surface area contributed by atoms with Gasteiger partial charge in [-0.3, -0.25) is 0 Å². The fourth-order valence-electron chi connectivity index (χ4n) is 8.93. The van der Waals surface area contributed by atoms with Crippen molar-refractivity contribution < 1.29 is 14.0 Å². The summed E-state index contributed by atoms with van der Waals surface area (Å²) in [4.78, 5) is 4.92. The number of hydrogen-bond donors (Lipinski definition) is 0. The van der Waals surface area contributed by atoms with Crippen molar-refractivity contribution in [3.63, 3.8) is 0 Å². The summed E-state index contributed by atoms with van der Waals surface area (Å²) in [5.41, 5.74) is 14.2. The van der Waals surface area contributed by atoms with E-state index in [4.69, 9.17) is 9.47 Å². The monoisotopic (exact) mass is 706 g/mol. The van der Waals surface area contributed by atoms with Crippen LogP contribution >= 0.6 is 0 Å². The van der Waals surface area contributed by atoms with Crippen LogP contribution in [0.25, 0.3) is 0 Å². The molecule has 0 aromatic heterocycles. The molecule has 0 amide bonds. The van der Waals surface area contributed by atoms with Crippen LogP contribution in [0.15, 0.2) is 155 Å². The van der Waals surface area contributed by atoms with E-state index in [-0.39, 0.29) is 10.8 Å². The highest BCUT2D eigenvalue weighted by Gasteiger charge is 2.47. The summed E-state index contributed by atoms with van der Waals surface area (Å²) in [6.45, 7) is 14.8. The fraction of sp³-hybridized carbons (Fsp3) is 0.354. The Bertz CT molecular complexity index is 2000. The van der Waals surface area contributed by atoms with Gasteiger partial charge in [-0.05, 0) is 86.2 Å². The summed E-state index contributed by atoms with van der Waals surface area (Å²) in [5.74, 6) is 0.474. The molecule has 3 aromatic rings. The molecule has 274 valence electrons. The van der Waals surface area contributed by atoms with E-state index in [1.165, 1.54) is 50.8 Å². The van der Waals surface area contributed by atoms with Crippen LogP contribution in [-0.2, 0) is 14.9 Å². The van der Waals surface area contributed by atoms with Crippen molar-refractivity contribution >= 4 is 22.8 Å². The zero-order chi connectivity index (χ0) is 37.2. The average Bonchev–Trinajstić information content (AvgIpc) is 3.73. The van der Waals surface area contributed by atoms with Crippen molar-refractivity contribution in [1.82, 2.24) is 0 Å². The molecule has 0 fully saturated rings. The maximum absolute atomic E-state index is 5.65. The Hall–Kier alpha value is -4.71. The molecule has 1 atom stereocenters. The molecule has 0 saturated carbocycles. The summed E-state index contributed by atoms with van der Waals surface area (Å²) >= 11 is 0. The maximum atomic E-state index is 5.65. The number of benzene rings is 3. The maximum Gasteiger partial charge on any atom is 0.191 e. The molecule has 4 aliphatic rings. The van der Waals surface area contributed by atoms with Crippen molar-refractivity contribution in [3.05, 3.63) is 161 Å². The van der Waals surface area contributed by atoms with Gasteiger partial charge in [0.25, 0.3) is 0 Å². The number of ether oxygens (including phenoxy) is 2. The summed E-state index contributed by atoms with van der Waals surface area (Å²) in [5, 5.41) is 0. The fourth-order valence-corrected chi connectivity index (χ4v) is 8.93. The van der Waals surface area contributed by atoms with E-state index in [1.54, 1.807) is 14.2 Å². The SMILES string of the molecule is COCCN1/C(=C/C=C2\CCC(/C=C/C3=[N+](CCOC)C4=C(C=CCC4C)C3(C)C)=C2N(c2ccccc2)c2ccccc2)C(C)(C)c2ccccc21. The van der Waals surface area contributed by atoms with Crippen LogP contribution in [0.2, 0.25) is 0 Å². The van der Waals surface area contributed by atoms with Crippen LogP contribution in [0.5, 0.6) is 0 Å². The minimum absolute atomic E-state index is 0.111. The first-order valence-corrected chi connectivity index (χ1v) is 19.3. The Labute approximate surface area is 317 Å². The van der Waals surface area contributed by atoms with E-state index in [1.807, 2.05) is 0 Å². The zero-order valence-electron chi connectivity index (χ0n) is 32.7. The van der Waals surface area contributed by atoms with Gasteiger partial charge >= 0.3 is 0 Å². The van der Waals surface area contributed by atoms with E-state index in [9.17, 15) is 0 Å². The van der Waals surface area contributed by atoms with Gasteiger partial charge in [0.05, 0.1) is 17.7 Å². The first kappa shape index (κ1) is 36.6. The van der Waals surface area contributed by atoms with Gasteiger partial charge in [0.15, 0.2) is 18.0 Å². The molecule has 5 nitrogen and oxygen atoms in total. The van der Waals surface area contributed by atoms with Gasteiger partial charge in [-0.25, -0.2) is 0 Å². The third kappa shape index (κ3) is 6.82. The second-order valence-electron chi connectivity index (χ2n) is 15.7. The van der Waals surface area contributed by atoms with E-state index in [2.05, 4.69) is 170 Å². The number of anilines is 3. The van der Waals surface area contributed by atoms with Crippen molar-refractivity contribution in [3.8, 4) is 0 Å². The number of para-hydroxylation sites is 3. The minimum atomic E-state index is -0.140. The molecule has 0 spiro atoms. The molecule has 5 heteroatoms. The van der Waals surface area contributed by atoms with E-state index >= 15 is 0 Å². The lowest BCUT2D eigenvalue weighted by Crippen LogP contribution is -2.29. The van der Waals surface area contributed by atoms with Gasteiger partial charge < -0.3 is 19.3 Å². The highest BCUT2D eigenvalue weighted by Crippen LogP contribution is 2.49. The molecule has 0 bridgehead atoms. The van der Waals surface area contributed by atoms with Crippen molar-refractivity contribution in [1.29, 1.82) is 0 Å². The minimum Gasteiger partial charge on any atom is -0.383 e. The molecule has 53 heavy (non-hydrogen) atoms. The molecule has 0 N–H and O–H groups in total. The van der Waals surface area contributed by atoms with Gasteiger partial charge in [0.2, 0.25) is 0 Å². The Balaban J connectivity index is 1.39.